The van der Waals surface area contributed by atoms with Crippen LogP contribution in [-0.2, 0) is 6.42 Å². The Kier molecular flexibility index (Phi) is 2.96. The van der Waals surface area contributed by atoms with Gasteiger partial charge in [-0.3, -0.25) is 5.73 Å². The van der Waals surface area contributed by atoms with Gasteiger partial charge in [-0.25, -0.2) is 0 Å². The van der Waals surface area contributed by atoms with Crippen LogP contribution in [0.15, 0.2) is 24.3 Å². The van der Waals surface area contributed by atoms with Crippen molar-refractivity contribution < 1.29 is 4.74 Å². The standard InChI is InChI=1S/C13H19NO/c1-2-3-6-9-13(14)10-11-7-4-5-8-12(11)15-13/h4-5,7-8H,2-3,6,9-10,14H2,1H3. The maximum atomic E-state index is 6.23. The van der Waals surface area contributed by atoms with Crippen LogP contribution in [0.3, 0.4) is 0 Å². The zero-order chi connectivity index (χ0) is 10.7. The van der Waals surface area contributed by atoms with Gasteiger partial charge >= 0.3 is 0 Å². The minimum atomic E-state index is -0.446. The van der Waals surface area contributed by atoms with Crippen LogP contribution in [-0.4, -0.2) is 5.72 Å². The van der Waals surface area contributed by atoms with Gasteiger partial charge in [0.25, 0.3) is 0 Å². The first-order valence-corrected chi connectivity index (χ1v) is 5.79. The molecule has 0 spiro atoms. The van der Waals surface area contributed by atoms with Crippen LogP contribution >= 0.6 is 0 Å². The van der Waals surface area contributed by atoms with Crippen LogP contribution in [0.2, 0.25) is 0 Å². The zero-order valence-corrected chi connectivity index (χ0v) is 9.33. The molecule has 0 amide bonds. The molecule has 2 N–H and O–H groups in total. The molecule has 0 fully saturated rings. The minimum Gasteiger partial charge on any atom is -0.472 e. The van der Waals surface area contributed by atoms with Gasteiger partial charge in [-0.2, -0.15) is 0 Å². The second-order valence-electron chi connectivity index (χ2n) is 4.41. The lowest BCUT2D eigenvalue weighted by Crippen LogP contribution is -2.44. The summed E-state index contributed by atoms with van der Waals surface area (Å²) in [4.78, 5) is 0. The fourth-order valence-corrected chi connectivity index (χ4v) is 2.14. The molecule has 15 heavy (non-hydrogen) atoms. The summed E-state index contributed by atoms with van der Waals surface area (Å²) in [5.74, 6) is 0.969. The first-order valence-electron chi connectivity index (χ1n) is 5.79. The molecule has 0 saturated heterocycles. The Morgan fingerprint density at radius 2 is 2.13 bits per heavy atom. The van der Waals surface area contributed by atoms with Crippen LogP contribution in [0.1, 0.15) is 38.2 Å². The molecular formula is C13H19NO. The van der Waals surface area contributed by atoms with E-state index >= 15 is 0 Å². The Bertz CT molecular complexity index is 310. The normalized spacial score (nSPS) is 23.6. The third-order valence-corrected chi connectivity index (χ3v) is 2.98. The summed E-state index contributed by atoms with van der Waals surface area (Å²) in [5.41, 5.74) is 7.03. The lowest BCUT2D eigenvalue weighted by atomic mass is 10.00. The quantitative estimate of drug-likeness (QED) is 0.767. The number of nitrogens with two attached hydrogens (primary N) is 1. The third kappa shape index (κ3) is 2.32. The van der Waals surface area contributed by atoms with E-state index in [1.165, 1.54) is 18.4 Å². The topological polar surface area (TPSA) is 35.2 Å². The van der Waals surface area contributed by atoms with Crippen molar-refractivity contribution in [3.05, 3.63) is 29.8 Å². The molecule has 1 atom stereocenters. The van der Waals surface area contributed by atoms with E-state index in [4.69, 9.17) is 10.5 Å². The molecule has 1 aromatic carbocycles. The number of benzene rings is 1. The van der Waals surface area contributed by atoms with Crippen molar-refractivity contribution in [2.45, 2.75) is 44.8 Å². The van der Waals surface area contributed by atoms with Crippen LogP contribution < -0.4 is 10.5 Å². The second kappa shape index (κ2) is 4.23. The van der Waals surface area contributed by atoms with E-state index in [0.29, 0.717) is 0 Å². The summed E-state index contributed by atoms with van der Waals surface area (Å²) in [7, 11) is 0. The number of rotatable bonds is 4. The summed E-state index contributed by atoms with van der Waals surface area (Å²) >= 11 is 0. The van der Waals surface area contributed by atoms with Gasteiger partial charge in [-0.1, -0.05) is 38.0 Å². The van der Waals surface area contributed by atoms with Crippen molar-refractivity contribution in [2.24, 2.45) is 5.73 Å². The maximum absolute atomic E-state index is 6.23. The lowest BCUT2D eigenvalue weighted by Gasteiger charge is -2.23. The van der Waals surface area contributed by atoms with E-state index in [0.717, 1.165) is 25.0 Å². The van der Waals surface area contributed by atoms with Gasteiger partial charge in [0.15, 0.2) is 5.72 Å². The molecule has 1 heterocycles. The Hall–Kier alpha value is -1.02. The van der Waals surface area contributed by atoms with Gasteiger partial charge in [0.1, 0.15) is 5.75 Å². The Labute approximate surface area is 91.4 Å². The van der Waals surface area contributed by atoms with Crippen molar-refractivity contribution in [3.8, 4) is 5.75 Å². The molecule has 2 nitrogen and oxygen atoms in total. The maximum Gasteiger partial charge on any atom is 0.162 e. The van der Waals surface area contributed by atoms with Crippen molar-refractivity contribution in [3.63, 3.8) is 0 Å². The monoisotopic (exact) mass is 205 g/mol. The van der Waals surface area contributed by atoms with Gasteiger partial charge in [0, 0.05) is 12.8 Å². The Balaban J connectivity index is 1.98. The van der Waals surface area contributed by atoms with Gasteiger partial charge < -0.3 is 4.74 Å². The summed E-state index contributed by atoms with van der Waals surface area (Å²) in [5, 5.41) is 0. The Morgan fingerprint density at radius 3 is 2.87 bits per heavy atom. The van der Waals surface area contributed by atoms with E-state index in [1.807, 2.05) is 18.2 Å². The highest BCUT2D eigenvalue weighted by molar-refractivity contribution is 5.38. The first-order chi connectivity index (χ1) is 7.23. The van der Waals surface area contributed by atoms with E-state index in [-0.39, 0.29) is 0 Å². The molecule has 0 aromatic heterocycles. The van der Waals surface area contributed by atoms with Crippen molar-refractivity contribution >= 4 is 0 Å². The second-order valence-corrected chi connectivity index (χ2v) is 4.41. The zero-order valence-electron chi connectivity index (χ0n) is 9.33. The van der Waals surface area contributed by atoms with Crippen LogP contribution in [0.4, 0.5) is 0 Å². The average molecular weight is 205 g/mol. The number of unbranched alkanes of at least 4 members (excludes halogenated alkanes) is 2. The first kappa shape index (κ1) is 10.5. The number of hydrogen-bond acceptors (Lipinski definition) is 2. The lowest BCUT2D eigenvalue weighted by molar-refractivity contribution is 0.0887. The molecule has 1 aromatic rings. The largest absolute Gasteiger partial charge is 0.472 e. The highest BCUT2D eigenvalue weighted by atomic mass is 16.5. The Morgan fingerprint density at radius 1 is 1.33 bits per heavy atom. The summed E-state index contributed by atoms with van der Waals surface area (Å²) in [6.45, 7) is 2.20. The summed E-state index contributed by atoms with van der Waals surface area (Å²) in [6.07, 6.45) is 5.42. The highest BCUT2D eigenvalue weighted by Crippen LogP contribution is 2.34. The molecule has 82 valence electrons. The fourth-order valence-electron chi connectivity index (χ4n) is 2.14. The number of hydrogen-bond donors (Lipinski definition) is 1. The van der Waals surface area contributed by atoms with E-state index in [2.05, 4.69) is 13.0 Å². The molecule has 0 radical (unpaired) electrons. The SMILES string of the molecule is CCCCCC1(N)Cc2ccccc2O1. The summed E-state index contributed by atoms with van der Waals surface area (Å²) in [6, 6.07) is 8.14. The predicted molar refractivity (Wildman–Crippen MR) is 61.8 cm³/mol. The average Bonchev–Trinajstić information content (AvgIpc) is 2.54. The van der Waals surface area contributed by atoms with Crippen molar-refractivity contribution in [1.29, 1.82) is 0 Å². The summed E-state index contributed by atoms with van der Waals surface area (Å²) < 4.78 is 5.82. The third-order valence-electron chi connectivity index (χ3n) is 2.98. The molecular weight excluding hydrogens is 186 g/mol. The molecule has 0 bridgehead atoms. The van der Waals surface area contributed by atoms with Crippen molar-refractivity contribution in [2.75, 3.05) is 0 Å². The molecule has 1 unspecified atom stereocenters. The molecule has 0 aliphatic carbocycles. The molecule has 2 heteroatoms. The van der Waals surface area contributed by atoms with E-state index in [9.17, 15) is 0 Å². The fraction of sp³-hybridized carbons (Fsp3) is 0.538. The van der Waals surface area contributed by atoms with E-state index in [1.54, 1.807) is 0 Å². The van der Waals surface area contributed by atoms with Crippen molar-refractivity contribution in [1.82, 2.24) is 0 Å². The van der Waals surface area contributed by atoms with E-state index < -0.39 is 5.72 Å². The van der Waals surface area contributed by atoms with Gasteiger partial charge in [0.05, 0.1) is 0 Å². The molecule has 0 saturated carbocycles. The van der Waals surface area contributed by atoms with Gasteiger partial charge in [-0.05, 0) is 18.1 Å². The van der Waals surface area contributed by atoms with Crippen LogP contribution in [0.5, 0.6) is 5.75 Å². The molecule has 1 aliphatic heterocycles. The minimum absolute atomic E-state index is 0.446. The predicted octanol–water partition coefficient (Wildman–Crippen LogP) is 2.86. The smallest absolute Gasteiger partial charge is 0.162 e. The number of ether oxygens (including phenoxy) is 1. The van der Waals surface area contributed by atoms with Gasteiger partial charge in [0.2, 0.25) is 0 Å². The van der Waals surface area contributed by atoms with Gasteiger partial charge in [-0.15, -0.1) is 0 Å². The molecule has 2 rings (SSSR count). The number of fused-ring (bicyclic) bond motifs is 1. The highest BCUT2D eigenvalue weighted by Gasteiger charge is 2.34. The van der Waals surface area contributed by atoms with Crippen LogP contribution in [0.25, 0.3) is 0 Å². The molecule has 1 aliphatic rings. The van der Waals surface area contributed by atoms with Crippen LogP contribution in [0, 0.1) is 0 Å². The number of para-hydroxylation sites is 1.